The van der Waals surface area contributed by atoms with E-state index in [0.717, 1.165) is 25.7 Å². The Morgan fingerprint density at radius 3 is 2.58 bits per heavy atom. The number of anilines is 1. The summed E-state index contributed by atoms with van der Waals surface area (Å²) in [6, 6.07) is 7.03. The molecule has 0 aliphatic heterocycles. The largest absolute Gasteiger partial charge is 0.398 e. The van der Waals surface area contributed by atoms with Crippen molar-refractivity contribution in [1.29, 1.82) is 0 Å². The first-order valence-electron chi connectivity index (χ1n) is 6.78. The summed E-state index contributed by atoms with van der Waals surface area (Å²) in [6.07, 6.45) is 4.20. The number of nitrogens with one attached hydrogen (secondary N) is 1. The summed E-state index contributed by atoms with van der Waals surface area (Å²) in [7, 11) is -3.32. The van der Waals surface area contributed by atoms with Gasteiger partial charge in [0.1, 0.15) is 0 Å². The van der Waals surface area contributed by atoms with Gasteiger partial charge < -0.3 is 5.73 Å². The van der Waals surface area contributed by atoms with Gasteiger partial charge in [-0.25, -0.2) is 13.1 Å². The number of hydrogen-bond donors (Lipinski definition) is 2. The van der Waals surface area contributed by atoms with Crippen molar-refractivity contribution < 1.29 is 8.42 Å². The van der Waals surface area contributed by atoms with Gasteiger partial charge in [0.25, 0.3) is 0 Å². The van der Waals surface area contributed by atoms with E-state index < -0.39 is 10.0 Å². The van der Waals surface area contributed by atoms with E-state index in [1.54, 1.807) is 24.3 Å². The fourth-order valence-corrected chi connectivity index (χ4v) is 3.46. The molecule has 0 aliphatic rings. The highest BCUT2D eigenvalue weighted by Crippen LogP contribution is 2.14. The van der Waals surface area contributed by atoms with Gasteiger partial charge in [-0.2, -0.15) is 0 Å². The molecule has 3 N–H and O–H groups in total. The normalized spacial score (nSPS) is 13.4. The lowest BCUT2D eigenvalue weighted by molar-refractivity contribution is 0.527. The van der Waals surface area contributed by atoms with Crippen molar-refractivity contribution in [2.75, 3.05) is 5.73 Å². The smallest absolute Gasteiger partial charge is 0.216 e. The standard InChI is InChI=1S/C14H24N2O2S/c1-3-4-5-8-12(2)16-19(17,18)11-13-9-6-7-10-14(13)15/h6-7,9-10,12,16H,3-5,8,11,15H2,1-2H3. The summed E-state index contributed by atoms with van der Waals surface area (Å²) >= 11 is 0. The second-order valence-electron chi connectivity index (χ2n) is 4.97. The monoisotopic (exact) mass is 284 g/mol. The summed E-state index contributed by atoms with van der Waals surface area (Å²) in [5.41, 5.74) is 6.93. The molecule has 0 amide bonds. The van der Waals surface area contributed by atoms with Gasteiger partial charge in [0.2, 0.25) is 10.0 Å². The predicted molar refractivity (Wildman–Crippen MR) is 80.2 cm³/mol. The maximum atomic E-state index is 12.0. The minimum absolute atomic E-state index is 0.0264. The summed E-state index contributed by atoms with van der Waals surface area (Å²) in [5.74, 6) is -0.0577. The maximum absolute atomic E-state index is 12.0. The molecule has 0 aromatic heterocycles. The average Bonchev–Trinajstić information content (AvgIpc) is 2.31. The lowest BCUT2D eigenvalue weighted by Gasteiger charge is -2.14. The van der Waals surface area contributed by atoms with Crippen LogP contribution >= 0.6 is 0 Å². The van der Waals surface area contributed by atoms with Gasteiger partial charge in [0, 0.05) is 11.7 Å². The van der Waals surface area contributed by atoms with Gasteiger partial charge >= 0.3 is 0 Å². The van der Waals surface area contributed by atoms with Gasteiger partial charge in [-0.1, -0.05) is 44.4 Å². The number of hydrogen-bond acceptors (Lipinski definition) is 3. The molecule has 0 aliphatic carbocycles. The molecule has 0 radical (unpaired) electrons. The molecule has 1 atom stereocenters. The Bertz CT molecular complexity index is 486. The third kappa shape index (κ3) is 6.07. The molecule has 0 saturated carbocycles. The third-order valence-electron chi connectivity index (χ3n) is 3.02. The van der Waals surface area contributed by atoms with Crippen LogP contribution in [0, 0.1) is 0 Å². The van der Waals surface area contributed by atoms with Crippen molar-refractivity contribution in [2.24, 2.45) is 0 Å². The lowest BCUT2D eigenvalue weighted by Crippen LogP contribution is -2.33. The van der Waals surface area contributed by atoms with E-state index in [9.17, 15) is 8.42 Å². The molecule has 1 aromatic rings. The molecule has 0 saturated heterocycles. The minimum Gasteiger partial charge on any atom is -0.398 e. The zero-order valence-corrected chi connectivity index (χ0v) is 12.5. The number of para-hydroxylation sites is 1. The average molecular weight is 284 g/mol. The number of benzene rings is 1. The molecule has 4 nitrogen and oxygen atoms in total. The van der Waals surface area contributed by atoms with Crippen molar-refractivity contribution in [3.05, 3.63) is 29.8 Å². The van der Waals surface area contributed by atoms with Crippen LogP contribution in [0.15, 0.2) is 24.3 Å². The molecule has 1 aromatic carbocycles. The highest BCUT2D eigenvalue weighted by Gasteiger charge is 2.16. The Morgan fingerprint density at radius 1 is 1.26 bits per heavy atom. The molecule has 0 bridgehead atoms. The number of unbranched alkanes of at least 4 members (excludes halogenated alkanes) is 2. The molecule has 0 fully saturated rings. The van der Waals surface area contributed by atoms with E-state index in [1.165, 1.54) is 0 Å². The Labute approximate surface area is 116 Å². The Balaban J connectivity index is 2.55. The Kier molecular flexibility index (Phi) is 6.31. The lowest BCUT2D eigenvalue weighted by atomic mass is 10.1. The second kappa shape index (κ2) is 7.50. The van der Waals surface area contributed by atoms with Crippen molar-refractivity contribution in [3.63, 3.8) is 0 Å². The van der Waals surface area contributed by atoms with Gasteiger partial charge in [0.15, 0.2) is 0 Å². The number of nitrogens with two attached hydrogens (primary N) is 1. The van der Waals surface area contributed by atoms with Crippen LogP contribution < -0.4 is 10.5 Å². The molecule has 0 heterocycles. The van der Waals surface area contributed by atoms with Crippen LogP contribution in [-0.4, -0.2) is 14.5 Å². The maximum Gasteiger partial charge on any atom is 0.216 e. The van der Waals surface area contributed by atoms with Crippen LogP contribution in [0.3, 0.4) is 0 Å². The Morgan fingerprint density at radius 2 is 1.95 bits per heavy atom. The van der Waals surface area contributed by atoms with E-state index in [2.05, 4.69) is 11.6 Å². The molecule has 108 valence electrons. The summed E-state index contributed by atoms with van der Waals surface area (Å²) in [6.45, 7) is 4.04. The molecule has 19 heavy (non-hydrogen) atoms. The summed E-state index contributed by atoms with van der Waals surface area (Å²) < 4.78 is 26.8. The van der Waals surface area contributed by atoms with Crippen LogP contribution in [0.25, 0.3) is 0 Å². The van der Waals surface area contributed by atoms with Crippen molar-refractivity contribution in [2.45, 2.75) is 51.3 Å². The highest BCUT2D eigenvalue weighted by atomic mass is 32.2. The van der Waals surface area contributed by atoms with E-state index >= 15 is 0 Å². The van der Waals surface area contributed by atoms with E-state index in [0.29, 0.717) is 11.3 Å². The van der Waals surface area contributed by atoms with Crippen LogP contribution in [0.4, 0.5) is 5.69 Å². The first kappa shape index (κ1) is 16.0. The highest BCUT2D eigenvalue weighted by molar-refractivity contribution is 7.88. The number of nitrogen functional groups attached to an aromatic ring is 1. The fraction of sp³-hybridized carbons (Fsp3) is 0.571. The van der Waals surface area contributed by atoms with Crippen LogP contribution in [-0.2, 0) is 15.8 Å². The zero-order valence-electron chi connectivity index (χ0n) is 11.7. The minimum atomic E-state index is -3.32. The van der Waals surface area contributed by atoms with Crippen molar-refractivity contribution in [1.82, 2.24) is 4.72 Å². The third-order valence-corrected chi connectivity index (χ3v) is 4.47. The van der Waals surface area contributed by atoms with E-state index in [-0.39, 0.29) is 11.8 Å². The van der Waals surface area contributed by atoms with E-state index in [4.69, 9.17) is 5.73 Å². The number of rotatable bonds is 8. The van der Waals surface area contributed by atoms with Gasteiger partial charge in [-0.05, 0) is 25.0 Å². The molecule has 5 heteroatoms. The van der Waals surface area contributed by atoms with Crippen molar-refractivity contribution >= 4 is 15.7 Å². The zero-order chi connectivity index (χ0) is 14.3. The Hall–Kier alpha value is -1.07. The molecule has 0 spiro atoms. The van der Waals surface area contributed by atoms with Crippen LogP contribution in [0.2, 0.25) is 0 Å². The van der Waals surface area contributed by atoms with Crippen LogP contribution in [0.5, 0.6) is 0 Å². The summed E-state index contributed by atoms with van der Waals surface area (Å²) in [4.78, 5) is 0. The van der Waals surface area contributed by atoms with E-state index in [1.807, 2.05) is 6.92 Å². The SMILES string of the molecule is CCCCCC(C)NS(=O)(=O)Cc1ccccc1N. The van der Waals surface area contributed by atoms with Crippen molar-refractivity contribution in [3.8, 4) is 0 Å². The van der Waals surface area contributed by atoms with Gasteiger partial charge in [-0.15, -0.1) is 0 Å². The van der Waals surface area contributed by atoms with Crippen LogP contribution in [0.1, 0.15) is 45.1 Å². The molecule has 1 rings (SSSR count). The topological polar surface area (TPSA) is 72.2 Å². The molecular formula is C14H24N2O2S. The first-order valence-corrected chi connectivity index (χ1v) is 8.43. The fourth-order valence-electron chi connectivity index (χ4n) is 1.98. The predicted octanol–water partition coefficient (Wildman–Crippen LogP) is 2.66. The molecular weight excluding hydrogens is 260 g/mol. The first-order chi connectivity index (χ1) is 8.94. The second-order valence-corrected chi connectivity index (χ2v) is 6.73. The molecule has 1 unspecified atom stereocenters. The number of sulfonamides is 1. The summed E-state index contributed by atoms with van der Waals surface area (Å²) in [5, 5.41) is 0. The quantitative estimate of drug-likeness (QED) is 0.569. The van der Waals surface area contributed by atoms with Gasteiger partial charge in [-0.3, -0.25) is 0 Å². The van der Waals surface area contributed by atoms with Gasteiger partial charge in [0.05, 0.1) is 5.75 Å².